The molecule has 0 saturated heterocycles. The summed E-state index contributed by atoms with van der Waals surface area (Å²) in [5.74, 6) is 1.48. The maximum Gasteiger partial charge on any atom is 0.191 e. The molecule has 0 saturated carbocycles. The summed E-state index contributed by atoms with van der Waals surface area (Å²) in [7, 11) is 1.63. The summed E-state index contributed by atoms with van der Waals surface area (Å²) in [6.07, 6.45) is 0.230. The molecule has 1 unspecified atom stereocenters. The molecule has 4 N–H and O–H groups in total. The molecule has 3 aromatic rings. The molecule has 0 aliphatic carbocycles. The largest absolute Gasteiger partial charge is 0.497 e. The Morgan fingerprint density at radius 1 is 1.14 bits per heavy atom. The lowest BCUT2D eigenvalue weighted by molar-refractivity contribution is 0.187. The molecule has 0 fully saturated rings. The van der Waals surface area contributed by atoms with Crippen molar-refractivity contribution in [3.63, 3.8) is 0 Å². The highest BCUT2D eigenvalue weighted by atomic mass is 16.5. The Morgan fingerprint density at radius 2 is 1.90 bits per heavy atom. The lowest BCUT2D eigenvalue weighted by Crippen LogP contribution is -2.38. The Bertz CT molecular complexity index is 947. The summed E-state index contributed by atoms with van der Waals surface area (Å²) in [5.41, 5.74) is 4.51. The third-order valence-electron chi connectivity index (χ3n) is 4.96. The van der Waals surface area contributed by atoms with E-state index in [0.29, 0.717) is 5.96 Å². The number of H-pyrrole nitrogens is 1. The number of aryl methyl sites for hydroxylation is 1. The number of aliphatic hydroxyl groups excluding tert-OH is 1. The molecule has 0 bridgehead atoms. The highest BCUT2D eigenvalue weighted by molar-refractivity contribution is 5.84. The molecule has 1 heterocycles. The Hall–Kier alpha value is -2.99. The number of aromatic amines is 1. The van der Waals surface area contributed by atoms with Crippen LogP contribution in [0.2, 0.25) is 0 Å². The number of guanidine groups is 1. The van der Waals surface area contributed by atoms with E-state index in [2.05, 4.69) is 45.7 Å². The number of hydrogen-bond acceptors (Lipinski definition) is 3. The maximum absolute atomic E-state index is 10.4. The van der Waals surface area contributed by atoms with Crippen LogP contribution in [-0.4, -0.2) is 42.8 Å². The topological polar surface area (TPSA) is 81.7 Å². The monoisotopic (exact) mass is 394 g/mol. The molecule has 1 atom stereocenters. The Balaban J connectivity index is 1.59. The molecule has 3 rings (SSSR count). The number of ether oxygens (including phenoxy) is 1. The van der Waals surface area contributed by atoms with Crippen molar-refractivity contribution in [3.8, 4) is 5.75 Å². The average molecular weight is 395 g/mol. The predicted molar refractivity (Wildman–Crippen MR) is 119 cm³/mol. The van der Waals surface area contributed by atoms with E-state index in [4.69, 9.17) is 4.74 Å². The molecule has 154 valence electrons. The van der Waals surface area contributed by atoms with Crippen LogP contribution in [0.15, 0.2) is 53.5 Å². The lowest BCUT2D eigenvalue weighted by atomic mass is 10.1. The first-order valence-electron chi connectivity index (χ1n) is 10.0. The number of para-hydroxylation sites is 1. The van der Waals surface area contributed by atoms with Gasteiger partial charge >= 0.3 is 0 Å². The molecule has 0 spiro atoms. The van der Waals surface area contributed by atoms with Crippen molar-refractivity contribution in [2.24, 2.45) is 4.99 Å². The summed E-state index contributed by atoms with van der Waals surface area (Å²) in [5, 5.41) is 18.3. The van der Waals surface area contributed by atoms with Crippen molar-refractivity contribution in [2.45, 2.75) is 26.4 Å². The zero-order valence-electron chi connectivity index (χ0n) is 17.3. The van der Waals surface area contributed by atoms with E-state index in [9.17, 15) is 5.11 Å². The number of fused-ring (bicyclic) bond motifs is 1. The Morgan fingerprint density at radius 3 is 2.62 bits per heavy atom. The van der Waals surface area contributed by atoms with Gasteiger partial charge in [-0.05, 0) is 49.6 Å². The Labute approximate surface area is 172 Å². The summed E-state index contributed by atoms with van der Waals surface area (Å²) >= 11 is 0. The first-order chi connectivity index (χ1) is 14.1. The molecule has 6 heteroatoms. The SMILES string of the molecule is CCNC(=NCC(O)c1ccc(OC)cc1)NCCc1c(C)[nH]c2ccccc12. The quantitative estimate of drug-likeness (QED) is 0.349. The van der Waals surface area contributed by atoms with Crippen LogP contribution in [0.1, 0.15) is 29.8 Å². The number of methoxy groups -OCH3 is 1. The normalized spacial score (nSPS) is 12.8. The van der Waals surface area contributed by atoms with E-state index in [1.54, 1.807) is 7.11 Å². The molecule has 1 aromatic heterocycles. The number of nitrogens with zero attached hydrogens (tertiary/aromatic N) is 1. The van der Waals surface area contributed by atoms with Gasteiger partial charge < -0.3 is 25.5 Å². The standard InChI is InChI=1S/C23H30N4O2/c1-4-24-23(26-15-22(28)17-9-11-18(29-3)12-10-17)25-14-13-19-16(2)27-21-8-6-5-7-20(19)21/h5-12,22,27-28H,4,13-15H2,1-3H3,(H2,24,25,26). The molecular weight excluding hydrogens is 364 g/mol. The smallest absolute Gasteiger partial charge is 0.191 e. The minimum absolute atomic E-state index is 0.285. The number of benzene rings is 2. The van der Waals surface area contributed by atoms with Crippen molar-refractivity contribution >= 4 is 16.9 Å². The van der Waals surface area contributed by atoms with Crippen LogP contribution in [-0.2, 0) is 6.42 Å². The number of aromatic nitrogens is 1. The zero-order valence-corrected chi connectivity index (χ0v) is 17.3. The van der Waals surface area contributed by atoms with E-state index < -0.39 is 6.10 Å². The van der Waals surface area contributed by atoms with E-state index >= 15 is 0 Å². The van der Waals surface area contributed by atoms with Gasteiger partial charge in [0, 0.05) is 29.7 Å². The van der Waals surface area contributed by atoms with E-state index in [0.717, 1.165) is 30.8 Å². The third kappa shape index (κ3) is 5.29. The fourth-order valence-electron chi connectivity index (χ4n) is 3.41. The molecule has 0 aliphatic heterocycles. The van der Waals surface area contributed by atoms with Gasteiger partial charge in [0.25, 0.3) is 0 Å². The van der Waals surface area contributed by atoms with Crippen LogP contribution >= 0.6 is 0 Å². The molecule has 0 radical (unpaired) electrons. The Kier molecular flexibility index (Phi) is 7.14. The second kappa shape index (κ2) is 9.98. The number of aliphatic imine (C=N–C) groups is 1. The fraction of sp³-hybridized carbons (Fsp3) is 0.348. The highest BCUT2D eigenvalue weighted by Gasteiger charge is 2.10. The molecule has 6 nitrogen and oxygen atoms in total. The molecule has 29 heavy (non-hydrogen) atoms. The molecule has 2 aromatic carbocycles. The van der Waals surface area contributed by atoms with E-state index in [-0.39, 0.29) is 6.54 Å². The number of hydrogen-bond donors (Lipinski definition) is 4. The van der Waals surface area contributed by atoms with E-state index in [1.165, 1.54) is 22.2 Å². The van der Waals surface area contributed by atoms with Gasteiger partial charge in [-0.25, -0.2) is 0 Å². The van der Waals surface area contributed by atoms with Gasteiger partial charge in [0.1, 0.15) is 5.75 Å². The first-order valence-corrected chi connectivity index (χ1v) is 10.0. The van der Waals surface area contributed by atoms with Crippen molar-refractivity contribution in [1.82, 2.24) is 15.6 Å². The number of nitrogens with one attached hydrogen (secondary N) is 3. The van der Waals surface area contributed by atoms with Gasteiger partial charge in [0.05, 0.1) is 19.8 Å². The van der Waals surface area contributed by atoms with Gasteiger partial charge in [-0.15, -0.1) is 0 Å². The maximum atomic E-state index is 10.4. The third-order valence-corrected chi connectivity index (χ3v) is 4.96. The van der Waals surface area contributed by atoms with Crippen molar-refractivity contribution < 1.29 is 9.84 Å². The first kappa shape index (κ1) is 20.7. The summed E-state index contributed by atoms with van der Waals surface area (Å²) in [6.45, 7) is 5.94. The second-order valence-electron chi connectivity index (χ2n) is 6.96. The molecule has 0 aliphatic rings. The predicted octanol–water partition coefficient (Wildman–Crippen LogP) is 3.32. The number of aliphatic hydroxyl groups is 1. The van der Waals surface area contributed by atoms with Crippen molar-refractivity contribution in [1.29, 1.82) is 0 Å². The summed E-state index contributed by atoms with van der Waals surface area (Å²) < 4.78 is 5.16. The molecule has 0 amide bonds. The summed E-state index contributed by atoms with van der Waals surface area (Å²) in [6, 6.07) is 15.8. The fourth-order valence-corrected chi connectivity index (χ4v) is 3.41. The van der Waals surface area contributed by atoms with Gasteiger partial charge in [0.15, 0.2) is 5.96 Å². The van der Waals surface area contributed by atoms with Gasteiger partial charge in [-0.2, -0.15) is 0 Å². The van der Waals surface area contributed by atoms with Crippen LogP contribution in [0.25, 0.3) is 10.9 Å². The minimum atomic E-state index is -0.660. The van der Waals surface area contributed by atoms with Crippen LogP contribution in [0.3, 0.4) is 0 Å². The van der Waals surface area contributed by atoms with E-state index in [1.807, 2.05) is 37.3 Å². The second-order valence-corrected chi connectivity index (χ2v) is 6.96. The van der Waals surface area contributed by atoms with Crippen LogP contribution in [0.5, 0.6) is 5.75 Å². The zero-order chi connectivity index (χ0) is 20.6. The van der Waals surface area contributed by atoms with Gasteiger partial charge in [-0.1, -0.05) is 30.3 Å². The van der Waals surface area contributed by atoms with Crippen molar-refractivity contribution in [3.05, 3.63) is 65.4 Å². The van der Waals surface area contributed by atoms with Gasteiger partial charge in [-0.3, -0.25) is 4.99 Å². The molecular formula is C23H30N4O2. The summed E-state index contributed by atoms with van der Waals surface area (Å²) in [4.78, 5) is 7.98. The van der Waals surface area contributed by atoms with Crippen LogP contribution < -0.4 is 15.4 Å². The average Bonchev–Trinajstić information content (AvgIpc) is 3.07. The van der Waals surface area contributed by atoms with Crippen LogP contribution in [0.4, 0.5) is 0 Å². The minimum Gasteiger partial charge on any atom is -0.497 e. The highest BCUT2D eigenvalue weighted by Crippen LogP contribution is 2.22. The number of rotatable bonds is 8. The lowest BCUT2D eigenvalue weighted by Gasteiger charge is -2.14. The van der Waals surface area contributed by atoms with Crippen molar-refractivity contribution in [2.75, 3.05) is 26.7 Å². The van der Waals surface area contributed by atoms with Gasteiger partial charge in [0.2, 0.25) is 0 Å². The van der Waals surface area contributed by atoms with Crippen LogP contribution in [0, 0.1) is 6.92 Å².